The van der Waals surface area contributed by atoms with Crippen LogP contribution in [0.15, 0.2) is 71.6 Å². The van der Waals surface area contributed by atoms with E-state index in [1.807, 2.05) is 31.2 Å². The van der Waals surface area contributed by atoms with E-state index in [-0.39, 0.29) is 23.4 Å². The van der Waals surface area contributed by atoms with Crippen molar-refractivity contribution >= 4 is 16.0 Å². The Balaban J connectivity index is 1.32. The molecule has 0 bridgehead atoms. The largest absolute Gasteiger partial charge is 0.481 e. The second-order valence-corrected chi connectivity index (χ2v) is 14.1. The molecule has 1 unspecified atom stereocenters. The van der Waals surface area contributed by atoms with Gasteiger partial charge in [0.2, 0.25) is 10.0 Å². The van der Waals surface area contributed by atoms with Crippen LogP contribution in [0.5, 0.6) is 0 Å². The Bertz CT molecular complexity index is 1440. The molecule has 1 aliphatic carbocycles. The predicted molar refractivity (Wildman–Crippen MR) is 162 cm³/mol. The molecule has 0 saturated heterocycles. The summed E-state index contributed by atoms with van der Waals surface area (Å²) in [6.07, 6.45) is 2.81. The van der Waals surface area contributed by atoms with Crippen molar-refractivity contribution in [2.45, 2.75) is 69.4 Å². The summed E-state index contributed by atoms with van der Waals surface area (Å²) in [5.41, 5.74) is 6.26. The molecule has 0 saturated carbocycles. The second kappa shape index (κ2) is 12.9. The number of fused-ring (bicyclic) bond motifs is 1. The van der Waals surface area contributed by atoms with Crippen LogP contribution >= 0.6 is 0 Å². The van der Waals surface area contributed by atoms with Gasteiger partial charge in [-0.3, -0.25) is 4.79 Å². The minimum absolute atomic E-state index is 0.0150. The number of β-amino-alcohol motifs (C(OH)–C–C–N with tert-alkyl or cyclic N) is 1. The predicted octanol–water partition coefficient (Wildman–Crippen LogP) is 4.83. The van der Waals surface area contributed by atoms with E-state index in [1.165, 1.54) is 22.5 Å². The zero-order valence-electron chi connectivity index (χ0n) is 24.4. The summed E-state index contributed by atoms with van der Waals surface area (Å²) in [6, 6.07) is 21.3. The first-order valence-corrected chi connectivity index (χ1v) is 15.7. The van der Waals surface area contributed by atoms with Crippen LogP contribution in [-0.2, 0) is 34.1 Å². The third-order valence-electron chi connectivity index (χ3n) is 8.02. The lowest BCUT2D eigenvalue weighted by atomic mass is 9.88. The first kappa shape index (κ1) is 30.9. The Morgan fingerprint density at radius 2 is 1.68 bits per heavy atom. The lowest BCUT2D eigenvalue weighted by Gasteiger charge is -2.31. The van der Waals surface area contributed by atoms with Crippen molar-refractivity contribution in [3.8, 4) is 11.1 Å². The van der Waals surface area contributed by atoms with Crippen LogP contribution in [-0.4, -0.2) is 60.7 Å². The van der Waals surface area contributed by atoms with E-state index in [2.05, 4.69) is 43.4 Å². The van der Waals surface area contributed by atoms with Crippen LogP contribution in [0.4, 0.5) is 0 Å². The number of carbonyl (C=O) groups is 1. The van der Waals surface area contributed by atoms with Gasteiger partial charge in [0.1, 0.15) is 0 Å². The zero-order chi connectivity index (χ0) is 29.8. The molecule has 220 valence electrons. The minimum Gasteiger partial charge on any atom is -0.481 e. The number of aliphatic hydroxyl groups is 1. The highest BCUT2D eigenvalue weighted by Crippen LogP contribution is 2.32. The number of aryl methyl sites for hydroxylation is 2. The quantitative estimate of drug-likeness (QED) is 0.268. The summed E-state index contributed by atoms with van der Waals surface area (Å²) >= 11 is 0. The van der Waals surface area contributed by atoms with Gasteiger partial charge >= 0.3 is 5.97 Å². The topological polar surface area (TPSA) is 107 Å². The van der Waals surface area contributed by atoms with Crippen molar-refractivity contribution in [3.05, 3.63) is 89.0 Å². The van der Waals surface area contributed by atoms with E-state index in [1.54, 1.807) is 18.2 Å². The normalized spacial score (nSPS) is 14.8. The van der Waals surface area contributed by atoms with E-state index < -0.39 is 22.1 Å². The fraction of sp³-hybridized carbons (Fsp3) is 0.424. The van der Waals surface area contributed by atoms with Gasteiger partial charge in [-0.1, -0.05) is 54.6 Å². The van der Waals surface area contributed by atoms with Crippen LogP contribution in [0.3, 0.4) is 0 Å². The fourth-order valence-electron chi connectivity index (χ4n) is 5.84. The average molecular weight is 579 g/mol. The molecular formula is C33H42N2O5S. The maximum atomic E-state index is 13.3. The highest BCUT2D eigenvalue weighted by molar-refractivity contribution is 7.89. The number of aliphatic carboxylic acids is 1. The van der Waals surface area contributed by atoms with Crippen molar-refractivity contribution in [1.29, 1.82) is 0 Å². The molecule has 1 atom stereocenters. The molecule has 0 spiro atoms. The summed E-state index contributed by atoms with van der Waals surface area (Å²) in [5.74, 6) is -0.276. The van der Waals surface area contributed by atoms with Gasteiger partial charge < -0.3 is 15.5 Å². The molecule has 3 N–H and O–H groups in total. The number of rotatable bonds is 13. The van der Waals surface area contributed by atoms with Crippen molar-refractivity contribution in [2.75, 3.05) is 20.1 Å². The molecule has 0 aliphatic heterocycles. The maximum Gasteiger partial charge on any atom is 0.303 e. The first-order valence-electron chi connectivity index (χ1n) is 14.2. The average Bonchev–Trinajstić information content (AvgIpc) is 3.32. The molecule has 4 rings (SSSR count). The Kier molecular flexibility index (Phi) is 9.70. The van der Waals surface area contributed by atoms with Gasteiger partial charge in [0.25, 0.3) is 0 Å². The number of aliphatic hydroxyl groups excluding tert-OH is 1. The highest BCUT2D eigenvalue weighted by atomic mass is 32.2. The number of benzene rings is 3. The number of hydrogen-bond acceptors (Lipinski definition) is 5. The third-order valence-corrected chi connectivity index (χ3v) is 9.84. The Morgan fingerprint density at radius 3 is 2.27 bits per heavy atom. The molecular weight excluding hydrogens is 536 g/mol. The molecule has 1 aliphatic rings. The van der Waals surface area contributed by atoms with Gasteiger partial charge in [0, 0.05) is 32.1 Å². The van der Waals surface area contributed by atoms with Crippen LogP contribution in [0, 0.1) is 12.8 Å². The van der Waals surface area contributed by atoms with Crippen LogP contribution in [0.25, 0.3) is 11.1 Å². The van der Waals surface area contributed by atoms with E-state index in [0.717, 1.165) is 41.5 Å². The molecule has 3 aromatic rings. The molecule has 3 aromatic carbocycles. The number of carboxylic acids is 1. The third kappa shape index (κ3) is 8.04. The number of sulfonamides is 1. The molecule has 8 heteroatoms. The Hall–Kier alpha value is -3.04. The number of likely N-dealkylation sites (N-methyl/N-ethyl adjacent to an activating group) is 1. The number of nitrogens with one attached hydrogen (secondary N) is 1. The van der Waals surface area contributed by atoms with Crippen LogP contribution in [0.1, 0.15) is 48.9 Å². The van der Waals surface area contributed by atoms with E-state index >= 15 is 0 Å². The van der Waals surface area contributed by atoms with Crippen molar-refractivity contribution in [2.24, 2.45) is 5.92 Å². The summed E-state index contributed by atoms with van der Waals surface area (Å²) in [5, 5.41) is 23.1. The van der Waals surface area contributed by atoms with Crippen molar-refractivity contribution in [3.63, 3.8) is 0 Å². The standard InChI is InChI=1S/C33H42N2O5S/c1-23-17-30(14-15-31(23)26-12-9-24(10-13-26)11-16-32(37)38)41(39,40)35(4)22-29(36)21-34-33(2,3)20-25-18-27-7-5-6-8-28(27)19-25/h5-10,12-15,17,25,29,34,36H,11,16,18-22H2,1-4H3,(H,37,38). The Labute approximate surface area is 244 Å². The fourth-order valence-corrected chi connectivity index (χ4v) is 7.14. The SMILES string of the molecule is Cc1cc(S(=O)(=O)N(C)CC(O)CNC(C)(C)CC2Cc3ccccc3C2)ccc1-c1ccc(CCC(=O)O)cc1. The number of nitrogens with zero attached hydrogens (tertiary/aromatic N) is 1. The van der Waals surface area contributed by atoms with Crippen LogP contribution < -0.4 is 5.32 Å². The molecule has 0 radical (unpaired) electrons. The number of carboxylic acid groups (broad SMARTS) is 1. The van der Waals surface area contributed by atoms with E-state index in [0.29, 0.717) is 18.9 Å². The summed E-state index contributed by atoms with van der Waals surface area (Å²) in [6.45, 7) is 6.43. The first-order chi connectivity index (χ1) is 19.3. The smallest absolute Gasteiger partial charge is 0.303 e. The summed E-state index contributed by atoms with van der Waals surface area (Å²) < 4.78 is 27.9. The summed E-state index contributed by atoms with van der Waals surface area (Å²) in [4.78, 5) is 11.0. The molecule has 0 aromatic heterocycles. The molecule has 0 fully saturated rings. The van der Waals surface area contributed by atoms with Gasteiger partial charge in [-0.2, -0.15) is 4.31 Å². The van der Waals surface area contributed by atoms with E-state index in [4.69, 9.17) is 5.11 Å². The van der Waals surface area contributed by atoms with E-state index in [9.17, 15) is 18.3 Å². The van der Waals surface area contributed by atoms with Crippen LogP contribution in [0.2, 0.25) is 0 Å². The lowest BCUT2D eigenvalue weighted by molar-refractivity contribution is -0.136. The van der Waals surface area contributed by atoms with Gasteiger partial charge in [-0.05, 0) is 97.9 Å². The van der Waals surface area contributed by atoms with Gasteiger partial charge in [0.15, 0.2) is 0 Å². The van der Waals surface area contributed by atoms with Gasteiger partial charge in [-0.25, -0.2) is 8.42 Å². The molecule has 41 heavy (non-hydrogen) atoms. The maximum absolute atomic E-state index is 13.3. The minimum atomic E-state index is -3.79. The van der Waals surface area contributed by atoms with Crippen molar-refractivity contribution < 1.29 is 23.4 Å². The van der Waals surface area contributed by atoms with Crippen molar-refractivity contribution in [1.82, 2.24) is 9.62 Å². The molecule has 0 amide bonds. The monoisotopic (exact) mass is 578 g/mol. The van der Waals surface area contributed by atoms with Gasteiger partial charge in [0.05, 0.1) is 11.0 Å². The summed E-state index contributed by atoms with van der Waals surface area (Å²) in [7, 11) is -2.29. The zero-order valence-corrected chi connectivity index (χ0v) is 25.2. The second-order valence-electron chi connectivity index (χ2n) is 12.0. The number of hydrogen-bond donors (Lipinski definition) is 3. The van der Waals surface area contributed by atoms with Gasteiger partial charge in [-0.15, -0.1) is 0 Å². The molecule has 0 heterocycles. The Morgan fingerprint density at radius 1 is 1.05 bits per heavy atom. The highest BCUT2D eigenvalue weighted by Gasteiger charge is 2.29. The lowest BCUT2D eigenvalue weighted by Crippen LogP contribution is -2.47. The molecule has 7 nitrogen and oxygen atoms in total.